The van der Waals surface area contributed by atoms with Crippen molar-refractivity contribution in [2.75, 3.05) is 11.9 Å². The Morgan fingerprint density at radius 2 is 2.30 bits per heavy atom. The smallest absolute Gasteiger partial charge is 0.231 e. The van der Waals surface area contributed by atoms with Gasteiger partial charge in [-0.25, -0.2) is 0 Å². The Bertz CT molecular complexity index is 501. The van der Waals surface area contributed by atoms with E-state index in [0.717, 1.165) is 36.3 Å². The Morgan fingerprint density at radius 3 is 2.90 bits per heavy atom. The third-order valence-electron chi connectivity index (χ3n) is 4.23. The second-order valence-corrected chi connectivity index (χ2v) is 5.80. The molecule has 1 saturated carbocycles. The summed E-state index contributed by atoms with van der Waals surface area (Å²) in [4.78, 5) is 12.5. The first-order chi connectivity index (χ1) is 9.47. The number of amides is 1. The molecule has 1 amide bonds. The summed E-state index contributed by atoms with van der Waals surface area (Å²) in [6.07, 6.45) is 2.77. The summed E-state index contributed by atoms with van der Waals surface area (Å²) in [5.41, 5.74) is 7.45. The second-order valence-electron chi connectivity index (χ2n) is 5.80. The molecule has 1 aromatic carbocycles. The van der Waals surface area contributed by atoms with Crippen LogP contribution in [0.5, 0.6) is 5.75 Å². The predicted molar refractivity (Wildman–Crippen MR) is 80.9 cm³/mol. The zero-order valence-electron chi connectivity index (χ0n) is 12.5. The Balaban J connectivity index is 2.19. The van der Waals surface area contributed by atoms with E-state index in [9.17, 15) is 4.79 Å². The van der Waals surface area contributed by atoms with Crippen LogP contribution in [0.4, 0.5) is 5.69 Å². The molecular weight excluding hydrogens is 252 g/mol. The summed E-state index contributed by atoms with van der Waals surface area (Å²) >= 11 is 0. The molecule has 4 heteroatoms. The lowest BCUT2D eigenvalue weighted by molar-refractivity contribution is -0.125. The molecule has 1 aliphatic rings. The Kier molecular flexibility index (Phi) is 4.33. The van der Waals surface area contributed by atoms with Gasteiger partial charge in [-0.3, -0.25) is 4.79 Å². The zero-order chi connectivity index (χ0) is 14.8. The normalized spacial score (nSPS) is 25.5. The van der Waals surface area contributed by atoms with Crippen molar-refractivity contribution < 1.29 is 9.53 Å². The first kappa shape index (κ1) is 14.9. The molecule has 3 N–H and O–H groups in total. The number of ether oxygens (including phenoxy) is 1. The minimum Gasteiger partial charge on any atom is -0.492 e. The first-order valence-corrected chi connectivity index (χ1v) is 7.28. The molecule has 0 saturated heterocycles. The summed E-state index contributed by atoms with van der Waals surface area (Å²) in [5.74, 6) is 0.711. The maximum absolute atomic E-state index is 12.5. The van der Waals surface area contributed by atoms with Crippen LogP contribution in [-0.2, 0) is 4.79 Å². The maximum atomic E-state index is 12.5. The number of anilines is 1. The molecule has 2 atom stereocenters. The summed E-state index contributed by atoms with van der Waals surface area (Å²) in [7, 11) is 0. The number of benzene rings is 1. The third-order valence-corrected chi connectivity index (χ3v) is 4.23. The summed E-state index contributed by atoms with van der Waals surface area (Å²) in [5, 5.41) is 2.99. The van der Waals surface area contributed by atoms with Crippen molar-refractivity contribution in [3.05, 3.63) is 23.8 Å². The third kappa shape index (κ3) is 2.80. The number of aryl methyl sites for hydroxylation is 1. The van der Waals surface area contributed by atoms with E-state index in [1.807, 2.05) is 39.0 Å². The lowest BCUT2D eigenvalue weighted by atomic mass is 9.84. The lowest BCUT2D eigenvalue weighted by Gasteiger charge is -2.28. The van der Waals surface area contributed by atoms with Crippen molar-refractivity contribution in [1.29, 1.82) is 0 Å². The second kappa shape index (κ2) is 5.83. The van der Waals surface area contributed by atoms with Crippen LogP contribution < -0.4 is 15.8 Å². The average molecular weight is 276 g/mol. The van der Waals surface area contributed by atoms with Gasteiger partial charge in [0.1, 0.15) is 5.75 Å². The number of rotatable bonds is 4. The highest BCUT2D eigenvalue weighted by Gasteiger charge is 2.43. The van der Waals surface area contributed by atoms with Gasteiger partial charge in [0.2, 0.25) is 5.91 Å². The zero-order valence-corrected chi connectivity index (χ0v) is 12.5. The van der Waals surface area contributed by atoms with Gasteiger partial charge < -0.3 is 15.8 Å². The van der Waals surface area contributed by atoms with Crippen LogP contribution in [0.3, 0.4) is 0 Å². The minimum absolute atomic E-state index is 0.00712. The number of nitrogens with one attached hydrogen (secondary N) is 1. The highest BCUT2D eigenvalue weighted by molar-refractivity contribution is 5.97. The van der Waals surface area contributed by atoms with Gasteiger partial charge in [-0.15, -0.1) is 0 Å². The van der Waals surface area contributed by atoms with Crippen molar-refractivity contribution in [1.82, 2.24) is 0 Å². The fourth-order valence-corrected chi connectivity index (χ4v) is 2.75. The van der Waals surface area contributed by atoms with E-state index in [2.05, 4.69) is 5.32 Å². The van der Waals surface area contributed by atoms with Gasteiger partial charge in [-0.1, -0.05) is 12.5 Å². The molecule has 1 fully saturated rings. The molecule has 1 aliphatic carbocycles. The molecule has 1 aromatic rings. The molecule has 110 valence electrons. The van der Waals surface area contributed by atoms with Crippen LogP contribution >= 0.6 is 0 Å². The monoisotopic (exact) mass is 276 g/mol. The Hall–Kier alpha value is -1.55. The SMILES string of the molecule is CCOc1cc(C)ccc1NC(=O)C1(C)CCCC1N. The van der Waals surface area contributed by atoms with Crippen LogP contribution in [0.2, 0.25) is 0 Å². The van der Waals surface area contributed by atoms with Crippen molar-refractivity contribution >= 4 is 11.6 Å². The average Bonchev–Trinajstić information content (AvgIpc) is 2.74. The van der Waals surface area contributed by atoms with Crippen molar-refractivity contribution in [3.63, 3.8) is 0 Å². The lowest BCUT2D eigenvalue weighted by Crippen LogP contribution is -2.44. The molecule has 4 nitrogen and oxygen atoms in total. The van der Waals surface area contributed by atoms with E-state index in [1.165, 1.54) is 0 Å². The van der Waals surface area contributed by atoms with E-state index in [-0.39, 0.29) is 11.9 Å². The van der Waals surface area contributed by atoms with Crippen LogP contribution in [0.15, 0.2) is 18.2 Å². The molecule has 2 rings (SSSR count). The van der Waals surface area contributed by atoms with Crippen molar-refractivity contribution in [2.24, 2.45) is 11.1 Å². The highest BCUT2D eigenvalue weighted by Crippen LogP contribution is 2.38. The number of hydrogen-bond donors (Lipinski definition) is 2. The van der Waals surface area contributed by atoms with Gasteiger partial charge in [0.25, 0.3) is 0 Å². The standard InChI is InChI=1S/C16H24N2O2/c1-4-20-13-10-11(2)7-8-12(13)18-15(19)16(3)9-5-6-14(16)17/h7-8,10,14H,4-6,9,17H2,1-3H3,(H,18,19). The van der Waals surface area contributed by atoms with Gasteiger partial charge in [-0.05, 0) is 51.3 Å². The molecule has 0 radical (unpaired) electrons. The Morgan fingerprint density at radius 1 is 1.55 bits per heavy atom. The molecule has 0 aliphatic heterocycles. The highest BCUT2D eigenvalue weighted by atomic mass is 16.5. The number of hydrogen-bond acceptors (Lipinski definition) is 3. The predicted octanol–water partition coefficient (Wildman–Crippen LogP) is 2.85. The van der Waals surface area contributed by atoms with E-state index in [1.54, 1.807) is 0 Å². The molecule has 0 bridgehead atoms. The number of carbonyl (C=O) groups is 1. The summed E-state index contributed by atoms with van der Waals surface area (Å²) in [6.45, 7) is 6.46. The first-order valence-electron chi connectivity index (χ1n) is 7.28. The van der Waals surface area contributed by atoms with Crippen molar-refractivity contribution in [2.45, 2.75) is 46.1 Å². The topological polar surface area (TPSA) is 64.3 Å². The fraction of sp³-hybridized carbons (Fsp3) is 0.562. The molecule has 0 aromatic heterocycles. The van der Waals surface area contributed by atoms with Crippen LogP contribution in [0, 0.1) is 12.3 Å². The quantitative estimate of drug-likeness (QED) is 0.888. The summed E-state index contributed by atoms with van der Waals surface area (Å²) in [6, 6.07) is 5.73. The molecule has 20 heavy (non-hydrogen) atoms. The van der Waals surface area contributed by atoms with Crippen LogP contribution in [0.25, 0.3) is 0 Å². The van der Waals surface area contributed by atoms with E-state index in [0.29, 0.717) is 6.61 Å². The minimum atomic E-state index is -0.478. The van der Waals surface area contributed by atoms with Gasteiger partial charge in [0, 0.05) is 6.04 Å². The Labute approximate surface area is 120 Å². The van der Waals surface area contributed by atoms with Gasteiger partial charge in [-0.2, -0.15) is 0 Å². The van der Waals surface area contributed by atoms with E-state index in [4.69, 9.17) is 10.5 Å². The molecule has 0 heterocycles. The van der Waals surface area contributed by atoms with Gasteiger partial charge in [0.15, 0.2) is 0 Å². The fourth-order valence-electron chi connectivity index (χ4n) is 2.75. The van der Waals surface area contributed by atoms with Crippen LogP contribution in [-0.4, -0.2) is 18.6 Å². The molecular formula is C16H24N2O2. The van der Waals surface area contributed by atoms with Gasteiger partial charge in [0.05, 0.1) is 17.7 Å². The van der Waals surface area contributed by atoms with Gasteiger partial charge >= 0.3 is 0 Å². The molecule has 0 spiro atoms. The summed E-state index contributed by atoms with van der Waals surface area (Å²) < 4.78 is 5.60. The molecule has 2 unspecified atom stereocenters. The number of nitrogens with two attached hydrogens (primary N) is 1. The van der Waals surface area contributed by atoms with E-state index < -0.39 is 5.41 Å². The van der Waals surface area contributed by atoms with Crippen LogP contribution in [0.1, 0.15) is 38.7 Å². The largest absolute Gasteiger partial charge is 0.492 e. The van der Waals surface area contributed by atoms with Crippen molar-refractivity contribution in [3.8, 4) is 5.75 Å². The van der Waals surface area contributed by atoms with E-state index >= 15 is 0 Å². The number of carbonyl (C=O) groups excluding carboxylic acids is 1. The maximum Gasteiger partial charge on any atom is 0.231 e.